The van der Waals surface area contributed by atoms with Gasteiger partial charge in [0.15, 0.2) is 0 Å². The van der Waals surface area contributed by atoms with Gasteiger partial charge < -0.3 is 9.63 Å². The molecule has 2 aromatic rings. The zero-order chi connectivity index (χ0) is 19.6. The molecule has 0 spiro atoms. The van der Waals surface area contributed by atoms with E-state index in [1.165, 1.54) is 0 Å². The van der Waals surface area contributed by atoms with Gasteiger partial charge in [0.25, 0.3) is 0 Å². The number of nitrogens with zero attached hydrogens (tertiary/aromatic N) is 1. The summed E-state index contributed by atoms with van der Waals surface area (Å²) in [6.45, 7) is 7.89. The van der Waals surface area contributed by atoms with Gasteiger partial charge in [-0.3, -0.25) is 0 Å². The molecule has 3 rings (SSSR count). The highest BCUT2D eigenvalue weighted by molar-refractivity contribution is 5.95. The van der Waals surface area contributed by atoms with Gasteiger partial charge in [-0.1, -0.05) is 48.9 Å². The van der Waals surface area contributed by atoms with Crippen molar-refractivity contribution in [2.24, 2.45) is 0 Å². The summed E-state index contributed by atoms with van der Waals surface area (Å²) in [5.41, 5.74) is 5.92. The van der Waals surface area contributed by atoms with Crippen LogP contribution in [0.3, 0.4) is 0 Å². The molecular formula is C23H25NO3. The smallest absolute Gasteiger partial charge is 0.340 e. The van der Waals surface area contributed by atoms with Gasteiger partial charge >= 0.3 is 5.97 Å². The van der Waals surface area contributed by atoms with E-state index in [4.69, 9.17) is 4.84 Å². The first kappa shape index (κ1) is 18.9. The fourth-order valence-electron chi connectivity index (χ4n) is 3.94. The van der Waals surface area contributed by atoms with Gasteiger partial charge in [0.05, 0.1) is 6.04 Å². The highest BCUT2D eigenvalue weighted by atomic mass is 16.7. The van der Waals surface area contributed by atoms with Crippen LogP contribution in [-0.4, -0.2) is 17.3 Å². The van der Waals surface area contributed by atoms with Crippen molar-refractivity contribution in [3.8, 4) is 0 Å². The van der Waals surface area contributed by atoms with Crippen LogP contribution in [0.1, 0.15) is 58.7 Å². The van der Waals surface area contributed by atoms with Crippen molar-refractivity contribution in [1.29, 1.82) is 0 Å². The zero-order valence-corrected chi connectivity index (χ0v) is 16.2. The largest absolute Gasteiger partial charge is 0.346 e. The molecule has 0 fully saturated rings. The number of benzene rings is 2. The summed E-state index contributed by atoms with van der Waals surface area (Å²) < 4.78 is 0. The summed E-state index contributed by atoms with van der Waals surface area (Å²) in [4.78, 5) is 30.3. The van der Waals surface area contributed by atoms with Crippen LogP contribution in [0, 0.1) is 20.8 Å². The van der Waals surface area contributed by atoms with E-state index in [2.05, 4.69) is 0 Å². The second-order valence-electron chi connectivity index (χ2n) is 7.07. The van der Waals surface area contributed by atoms with Gasteiger partial charge in [-0.2, -0.15) is 0 Å². The molecule has 2 aromatic carbocycles. The third-order valence-corrected chi connectivity index (χ3v) is 5.08. The number of carbonyl (C=O) groups excluding carboxylic acids is 2. The van der Waals surface area contributed by atoms with E-state index >= 15 is 0 Å². The molecule has 4 heteroatoms. The van der Waals surface area contributed by atoms with Crippen LogP contribution in [-0.2, 0) is 14.4 Å². The van der Waals surface area contributed by atoms with Crippen molar-refractivity contribution in [2.75, 3.05) is 0 Å². The maximum Gasteiger partial charge on any atom is 0.346 e. The normalized spacial score (nSPS) is 16.6. The second-order valence-corrected chi connectivity index (χ2v) is 7.07. The molecule has 0 saturated heterocycles. The lowest BCUT2D eigenvalue weighted by Crippen LogP contribution is -2.32. The molecule has 0 saturated carbocycles. The minimum absolute atomic E-state index is 0.0670. The van der Waals surface area contributed by atoms with Gasteiger partial charge in [-0.25, -0.2) is 9.86 Å². The Bertz CT molecular complexity index is 877. The Labute approximate surface area is 160 Å². The molecule has 2 atom stereocenters. The Kier molecular flexibility index (Phi) is 5.45. The number of carbonyl (C=O) groups is 2. The third-order valence-electron chi connectivity index (χ3n) is 5.08. The van der Waals surface area contributed by atoms with E-state index in [9.17, 15) is 9.59 Å². The molecule has 1 aliphatic heterocycles. The van der Waals surface area contributed by atoms with Gasteiger partial charge in [-0.15, -0.1) is 0 Å². The number of hydrogen-bond acceptors (Lipinski definition) is 4. The van der Waals surface area contributed by atoms with Gasteiger partial charge in [-0.05, 0) is 61.1 Å². The van der Waals surface area contributed by atoms with Crippen LogP contribution in [0.2, 0.25) is 0 Å². The Morgan fingerprint density at radius 3 is 2.48 bits per heavy atom. The molecule has 4 nitrogen and oxygen atoms in total. The van der Waals surface area contributed by atoms with Crippen molar-refractivity contribution < 1.29 is 14.4 Å². The summed E-state index contributed by atoms with van der Waals surface area (Å²) in [5.74, 6) is -1.49. The predicted octanol–water partition coefficient (Wildman–Crippen LogP) is 4.79. The highest BCUT2D eigenvalue weighted by Gasteiger charge is 2.30. The van der Waals surface area contributed by atoms with E-state index in [-0.39, 0.29) is 6.04 Å². The second kappa shape index (κ2) is 7.78. The topological polar surface area (TPSA) is 46.6 Å². The Morgan fingerprint density at radius 2 is 1.85 bits per heavy atom. The van der Waals surface area contributed by atoms with E-state index in [1.54, 1.807) is 11.3 Å². The minimum atomic E-state index is -0.936. The van der Waals surface area contributed by atoms with Crippen LogP contribution in [0.25, 0.3) is 6.08 Å². The van der Waals surface area contributed by atoms with E-state index in [1.807, 2.05) is 70.2 Å². The third kappa shape index (κ3) is 3.65. The summed E-state index contributed by atoms with van der Waals surface area (Å²) in [6, 6.07) is 12.0. The number of hydroxylamine groups is 2. The van der Waals surface area contributed by atoms with Gasteiger partial charge in [0.1, 0.15) is 12.2 Å². The maximum atomic E-state index is 12.9. The van der Waals surface area contributed by atoms with Crippen LogP contribution < -0.4 is 0 Å². The molecule has 1 heterocycles. The molecule has 0 bridgehead atoms. The SMILES string of the molecule is CCC1c2ccccc2C=CN1OC(=O)C(C=O)c1c(C)cc(C)cc1C. The van der Waals surface area contributed by atoms with Crippen LogP contribution in [0.15, 0.2) is 42.6 Å². The fraction of sp³-hybridized carbons (Fsp3) is 0.304. The van der Waals surface area contributed by atoms with E-state index in [0.717, 1.165) is 39.8 Å². The molecule has 2 unspecified atom stereocenters. The molecule has 0 aliphatic carbocycles. The van der Waals surface area contributed by atoms with E-state index < -0.39 is 11.9 Å². The summed E-state index contributed by atoms with van der Waals surface area (Å²) in [6.07, 6.45) is 5.15. The first-order valence-electron chi connectivity index (χ1n) is 9.26. The van der Waals surface area contributed by atoms with Crippen molar-refractivity contribution in [2.45, 2.75) is 46.1 Å². The first-order chi connectivity index (χ1) is 13.0. The molecule has 140 valence electrons. The Hall–Kier alpha value is -2.88. The van der Waals surface area contributed by atoms with Crippen LogP contribution in [0.5, 0.6) is 0 Å². The molecule has 1 aliphatic rings. The summed E-state index contributed by atoms with van der Waals surface area (Å²) in [7, 11) is 0. The average molecular weight is 363 g/mol. The summed E-state index contributed by atoms with van der Waals surface area (Å²) in [5, 5.41) is 1.57. The minimum Gasteiger partial charge on any atom is -0.340 e. The first-order valence-corrected chi connectivity index (χ1v) is 9.26. The average Bonchev–Trinajstić information content (AvgIpc) is 2.64. The lowest BCUT2D eigenvalue weighted by Gasteiger charge is -2.33. The molecule has 0 radical (unpaired) electrons. The van der Waals surface area contributed by atoms with Crippen molar-refractivity contribution in [3.63, 3.8) is 0 Å². The number of aldehydes is 1. The predicted molar refractivity (Wildman–Crippen MR) is 106 cm³/mol. The van der Waals surface area contributed by atoms with Crippen LogP contribution in [0.4, 0.5) is 0 Å². The fourth-order valence-corrected chi connectivity index (χ4v) is 3.94. The van der Waals surface area contributed by atoms with Crippen molar-refractivity contribution in [3.05, 3.63) is 76.0 Å². The molecule has 27 heavy (non-hydrogen) atoms. The maximum absolute atomic E-state index is 12.9. The van der Waals surface area contributed by atoms with Gasteiger partial charge in [0.2, 0.25) is 0 Å². The Morgan fingerprint density at radius 1 is 1.19 bits per heavy atom. The number of rotatable bonds is 5. The Balaban J connectivity index is 1.87. The molecule has 0 amide bonds. The van der Waals surface area contributed by atoms with Crippen molar-refractivity contribution >= 4 is 18.3 Å². The molecule has 0 N–H and O–H groups in total. The van der Waals surface area contributed by atoms with E-state index in [0.29, 0.717) is 6.29 Å². The number of hydrogen-bond donors (Lipinski definition) is 0. The number of fused-ring (bicyclic) bond motifs is 1. The summed E-state index contributed by atoms with van der Waals surface area (Å²) >= 11 is 0. The highest BCUT2D eigenvalue weighted by Crippen LogP contribution is 2.34. The van der Waals surface area contributed by atoms with Crippen molar-refractivity contribution in [1.82, 2.24) is 5.06 Å². The monoisotopic (exact) mass is 363 g/mol. The molecule has 0 aromatic heterocycles. The standard InChI is InChI=1S/C23H25NO3/c1-5-21-19-9-7-6-8-18(19)10-11-24(21)27-23(26)20(14-25)22-16(3)12-15(2)13-17(22)4/h6-14,20-21H,5H2,1-4H3. The lowest BCUT2D eigenvalue weighted by atomic mass is 9.90. The number of aryl methyl sites for hydroxylation is 3. The quantitative estimate of drug-likeness (QED) is 0.566. The van der Waals surface area contributed by atoms with Gasteiger partial charge in [0, 0.05) is 6.20 Å². The molecular weight excluding hydrogens is 338 g/mol. The lowest BCUT2D eigenvalue weighted by molar-refractivity contribution is -0.189. The van der Waals surface area contributed by atoms with Crippen LogP contribution >= 0.6 is 0 Å². The zero-order valence-electron chi connectivity index (χ0n) is 16.2.